The van der Waals surface area contributed by atoms with Gasteiger partial charge in [0, 0.05) is 25.0 Å². The smallest absolute Gasteiger partial charge is 0.248 e. The molecule has 0 bridgehead atoms. The minimum absolute atomic E-state index is 0.208. The number of nitrogens with one attached hydrogen (secondary N) is 1. The number of morpholine rings is 1. The Morgan fingerprint density at radius 1 is 1.24 bits per heavy atom. The number of rotatable bonds is 2. The molecule has 2 heterocycles. The molecule has 1 aliphatic carbocycles. The Kier molecular flexibility index (Phi) is 3.34. The van der Waals surface area contributed by atoms with E-state index in [4.69, 9.17) is 4.74 Å². The largest absolute Gasteiger partial charge is 0.366 e. The fourth-order valence-corrected chi connectivity index (χ4v) is 3.46. The monoisotopic (exact) mass is 238 g/mol. The van der Waals surface area contributed by atoms with Crippen LogP contribution in [0.5, 0.6) is 0 Å². The van der Waals surface area contributed by atoms with Crippen molar-refractivity contribution in [3.05, 3.63) is 0 Å². The van der Waals surface area contributed by atoms with Crippen LogP contribution in [-0.4, -0.2) is 49.2 Å². The van der Waals surface area contributed by atoms with Gasteiger partial charge in [-0.25, -0.2) is 0 Å². The summed E-state index contributed by atoms with van der Waals surface area (Å²) in [6.45, 7) is 3.28. The number of amides is 1. The molecule has 1 saturated carbocycles. The molecule has 3 rings (SSSR count). The van der Waals surface area contributed by atoms with Crippen LogP contribution in [0.15, 0.2) is 0 Å². The number of ether oxygens (including phenoxy) is 1. The summed E-state index contributed by atoms with van der Waals surface area (Å²) in [4.78, 5) is 14.0. The molecule has 1 N–H and O–H groups in total. The third kappa shape index (κ3) is 2.33. The second kappa shape index (κ2) is 4.94. The summed E-state index contributed by atoms with van der Waals surface area (Å²) in [7, 11) is 0. The summed E-state index contributed by atoms with van der Waals surface area (Å²) >= 11 is 0. The van der Waals surface area contributed by atoms with E-state index in [9.17, 15) is 4.79 Å². The van der Waals surface area contributed by atoms with Gasteiger partial charge in [0.1, 0.15) is 6.61 Å². The van der Waals surface area contributed by atoms with E-state index >= 15 is 0 Å². The van der Waals surface area contributed by atoms with Gasteiger partial charge >= 0.3 is 0 Å². The third-order valence-electron chi connectivity index (χ3n) is 4.51. The highest BCUT2D eigenvalue weighted by Crippen LogP contribution is 2.28. The van der Waals surface area contributed by atoms with Gasteiger partial charge in [-0.05, 0) is 25.8 Å². The number of carbonyl (C=O) groups is 1. The van der Waals surface area contributed by atoms with Crippen LogP contribution in [0.1, 0.15) is 32.1 Å². The molecule has 0 spiro atoms. The second-order valence-corrected chi connectivity index (χ2v) is 5.59. The highest BCUT2D eigenvalue weighted by molar-refractivity contribution is 5.78. The Labute approximate surface area is 103 Å². The molecule has 2 unspecified atom stereocenters. The summed E-state index contributed by atoms with van der Waals surface area (Å²) in [6, 6.07) is 0.503. The number of hydrogen-bond donors (Lipinski definition) is 1. The minimum atomic E-state index is 0.208. The lowest BCUT2D eigenvalue weighted by molar-refractivity contribution is -0.155. The van der Waals surface area contributed by atoms with Crippen LogP contribution < -0.4 is 5.32 Å². The predicted molar refractivity (Wildman–Crippen MR) is 64.7 cm³/mol. The van der Waals surface area contributed by atoms with Gasteiger partial charge in [0.25, 0.3) is 0 Å². The predicted octanol–water partition coefficient (Wildman–Crippen LogP) is 0.766. The summed E-state index contributed by atoms with van der Waals surface area (Å²) in [5.41, 5.74) is 0. The molecule has 3 aliphatic rings. The van der Waals surface area contributed by atoms with Gasteiger partial charge in [0.05, 0.1) is 6.10 Å². The lowest BCUT2D eigenvalue weighted by atomic mass is 9.99. The van der Waals surface area contributed by atoms with E-state index in [1.165, 1.54) is 32.1 Å². The molecule has 96 valence electrons. The molecule has 0 aromatic rings. The van der Waals surface area contributed by atoms with Crippen LogP contribution in [0.3, 0.4) is 0 Å². The maximum absolute atomic E-state index is 11.9. The zero-order valence-electron chi connectivity index (χ0n) is 10.4. The number of hydrogen-bond acceptors (Lipinski definition) is 3. The first-order valence-corrected chi connectivity index (χ1v) is 6.96. The maximum Gasteiger partial charge on any atom is 0.248 e. The van der Waals surface area contributed by atoms with E-state index in [0.717, 1.165) is 19.6 Å². The lowest BCUT2D eigenvalue weighted by Crippen LogP contribution is -2.52. The molecule has 4 heteroatoms. The molecule has 1 amide bonds. The van der Waals surface area contributed by atoms with Gasteiger partial charge in [0.15, 0.2) is 0 Å². The Morgan fingerprint density at radius 2 is 2.06 bits per heavy atom. The first-order chi connectivity index (χ1) is 8.34. The molecule has 3 fully saturated rings. The highest BCUT2D eigenvalue weighted by Gasteiger charge is 2.36. The molecule has 4 nitrogen and oxygen atoms in total. The molecule has 2 saturated heterocycles. The van der Waals surface area contributed by atoms with E-state index in [1.807, 2.05) is 0 Å². The van der Waals surface area contributed by atoms with Crippen molar-refractivity contribution in [3.8, 4) is 0 Å². The summed E-state index contributed by atoms with van der Waals surface area (Å²) in [6.07, 6.45) is 6.42. The average molecular weight is 238 g/mol. The molecular weight excluding hydrogens is 216 g/mol. The first-order valence-electron chi connectivity index (χ1n) is 6.96. The van der Waals surface area contributed by atoms with Crippen molar-refractivity contribution in [1.29, 1.82) is 0 Å². The Balaban J connectivity index is 1.63. The minimum Gasteiger partial charge on any atom is -0.366 e. The molecule has 0 aromatic carbocycles. The van der Waals surface area contributed by atoms with E-state index in [0.29, 0.717) is 18.6 Å². The standard InChI is InChI=1S/C13H22N2O2/c16-13-9-17-12(10-5-6-14-7-10)8-15(13)11-3-1-2-4-11/h10-12,14H,1-9H2. The van der Waals surface area contributed by atoms with Crippen LogP contribution in [0.2, 0.25) is 0 Å². The summed E-state index contributed by atoms with van der Waals surface area (Å²) < 4.78 is 5.73. The normalized spacial score (nSPS) is 35.8. The van der Waals surface area contributed by atoms with Crippen molar-refractivity contribution in [2.75, 3.05) is 26.2 Å². The van der Waals surface area contributed by atoms with Crippen molar-refractivity contribution in [2.24, 2.45) is 5.92 Å². The molecule has 2 atom stereocenters. The van der Waals surface area contributed by atoms with Crippen molar-refractivity contribution in [1.82, 2.24) is 10.2 Å². The van der Waals surface area contributed by atoms with Crippen LogP contribution in [0.4, 0.5) is 0 Å². The first kappa shape index (κ1) is 11.5. The van der Waals surface area contributed by atoms with E-state index in [2.05, 4.69) is 10.2 Å². The Bertz CT molecular complexity index is 283. The van der Waals surface area contributed by atoms with Gasteiger partial charge in [-0.2, -0.15) is 0 Å². The van der Waals surface area contributed by atoms with Crippen LogP contribution in [-0.2, 0) is 9.53 Å². The van der Waals surface area contributed by atoms with Gasteiger partial charge in [-0.3, -0.25) is 4.79 Å². The third-order valence-corrected chi connectivity index (χ3v) is 4.51. The SMILES string of the molecule is O=C1COC(C2CCNC2)CN1C1CCCC1. The Morgan fingerprint density at radius 3 is 2.76 bits per heavy atom. The van der Waals surface area contributed by atoms with Crippen molar-refractivity contribution in [3.63, 3.8) is 0 Å². The summed E-state index contributed by atoms with van der Waals surface area (Å²) in [5, 5.41) is 3.38. The highest BCUT2D eigenvalue weighted by atomic mass is 16.5. The van der Waals surface area contributed by atoms with Gasteiger partial charge in [0.2, 0.25) is 5.91 Å². The van der Waals surface area contributed by atoms with Gasteiger partial charge in [-0.15, -0.1) is 0 Å². The van der Waals surface area contributed by atoms with Crippen molar-refractivity contribution >= 4 is 5.91 Å². The maximum atomic E-state index is 11.9. The lowest BCUT2D eigenvalue weighted by Gasteiger charge is -2.38. The van der Waals surface area contributed by atoms with Gasteiger partial charge in [-0.1, -0.05) is 12.8 Å². The van der Waals surface area contributed by atoms with Crippen LogP contribution in [0.25, 0.3) is 0 Å². The molecule has 17 heavy (non-hydrogen) atoms. The van der Waals surface area contributed by atoms with E-state index in [1.54, 1.807) is 0 Å². The zero-order chi connectivity index (χ0) is 11.7. The zero-order valence-corrected chi connectivity index (χ0v) is 10.4. The van der Waals surface area contributed by atoms with E-state index < -0.39 is 0 Å². The number of carbonyl (C=O) groups excluding carboxylic acids is 1. The molecule has 0 aromatic heterocycles. The van der Waals surface area contributed by atoms with E-state index in [-0.39, 0.29) is 12.0 Å². The quantitative estimate of drug-likeness (QED) is 0.772. The molecule has 0 radical (unpaired) electrons. The average Bonchev–Trinajstić information content (AvgIpc) is 3.03. The topological polar surface area (TPSA) is 41.6 Å². The number of nitrogens with zero attached hydrogens (tertiary/aromatic N) is 1. The Hall–Kier alpha value is -0.610. The second-order valence-electron chi connectivity index (χ2n) is 5.59. The molecular formula is C13H22N2O2. The fourth-order valence-electron chi connectivity index (χ4n) is 3.46. The van der Waals surface area contributed by atoms with Crippen molar-refractivity contribution < 1.29 is 9.53 Å². The van der Waals surface area contributed by atoms with Crippen molar-refractivity contribution in [2.45, 2.75) is 44.2 Å². The van der Waals surface area contributed by atoms with Crippen LogP contribution in [0, 0.1) is 5.92 Å². The fraction of sp³-hybridized carbons (Fsp3) is 0.923. The van der Waals surface area contributed by atoms with Gasteiger partial charge < -0.3 is 15.0 Å². The summed E-state index contributed by atoms with van der Waals surface area (Å²) in [5.74, 6) is 0.811. The van der Waals surface area contributed by atoms with Crippen LogP contribution >= 0.6 is 0 Å². The molecule has 2 aliphatic heterocycles.